The summed E-state index contributed by atoms with van der Waals surface area (Å²) in [7, 11) is 0. The Morgan fingerprint density at radius 2 is 1.08 bits per heavy atom. The largest absolute Gasteiger partial charge is 0.386 e. The molecule has 0 N–H and O–H groups in total. The molecule has 140 valence electrons. The van der Waals surface area contributed by atoms with Crippen molar-refractivity contribution in [3.05, 3.63) is 22.3 Å². The van der Waals surface area contributed by atoms with Crippen molar-refractivity contribution in [2.45, 2.75) is 65.2 Å². The lowest BCUT2D eigenvalue weighted by Crippen LogP contribution is -2.20. The molecule has 2 heterocycles. The van der Waals surface area contributed by atoms with Gasteiger partial charge in [0.15, 0.2) is 0 Å². The van der Waals surface area contributed by atoms with Crippen LogP contribution in [0.1, 0.15) is 65.2 Å². The van der Waals surface area contributed by atoms with E-state index in [0.29, 0.717) is 35.1 Å². The highest BCUT2D eigenvalue weighted by molar-refractivity contribution is 6.15. The summed E-state index contributed by atoms with van der Waals surface area (Å²) in [6.07, 6.45) is 5.40. The van der Waals surface area contributed by atoms with Crippen molar-refractivity contribution in [2.75, 3.05) is 0 Å². The molecule has 6 nitrogen and oxygen atoms in total. The lowest BCUT2D eigenvalue weighted by molar-refractivity contribution is -0.153. The molecule has 0 amide bonds. The van der Waals surface area contributed by atoms with E-state index in [2.05, 4.69) is 0 Å². The van der Waals surface area contributed by atoms with Gasteiger partial charge in [-0.2, -0.15) is 0 Å². The Kier molecular flexibility index (Phi) is 5.39. The highest BCUT2D eigenvalue weighted by atomic mass is 16.6. The average molecular weight is 360 g/mol. The molecule has 0 aromatic rings. The Hall–Kier alpha value is -2.24. The third-order valence-electron chi connectivity index (χ3n) is 5.48. The van der Waals surface area contributed by atoms with E-state index in [1.165, 1.54) is 0 Å². The van der Waals surface area contributed by atoms with Crippen molar-refractivity contribution >= 4 is 23.9 Å². The molecule has 0 saturated heterocycles. The number of ether oxygens (including phenoxy) is 2. The number of cyclic esters (lactones) is 4. The standard InChI is InChI=1S/C20H24O6/c1-3-5-7-11-9-13-16(20(24)26-17(13)21)12(8-6-4-2)10-14-15(11)19(23)25-18(14)22/h11-12H,3-10H2,1-2H3/t11-,12-/m0/s1. The third kappa shape index (κ3) is 3.24. The van der Waals surface area contributed by atoms with Gasteiger partial charge in [0.1, 0.15) is 0 Å². The Labute approximate surface area is 152 Å². The highest BCUT2D eigenvalue weighted by Gasteiger charge is 2.46. The molecule has 0 aromatic carbocycles. The molecule has 2 atom stereocenters. The number of unbranched alkanes of at least 4 members (excludes halogenated alkanes) is 2. The minimum absolute atomic E-state index is 0.254. The normalized spacial score (nSPS) is 25.8. The molecule has 2 aliphatic heterocycles. The molecule has 1 aliphatic carbocycles. The fourth-order valence-electron chi connectivity index (χ4n) is 4.17. The molecule has 0 bridgehead atoms. The van der Waals surface area contributed by atoms with Crippen LogP contribution in [0.25, 0.3) is 0 Å². The van der Waals surface area contributed by atoms with E-state index >= 15 is 0 Å². The molecule has 3 aliphatic rings. The maximum Gasteiger partial charge on any atom is 0.342 e. The van der Waals surface area contributed by atoms with Crippen LogP contribution in [0.4, 0.5) is 0 Å². The summed E-state index contributed by atoms with van der Waals surface area (Å²) >= 11 is 0. The van der Waals surface area contributed by atoms with E-state index in [0.717, 1.165) is 25.7 Å². The summed E-state index contributed by atoms with van der Waals surface area (Å²) in [5, 5.41) is 0. The Balaban J connectivity index is 2.06. The maximum atomic E-state index is 12.3. The summed E-state index contributed by atoms with van der Waals surface area (Å²) in [4.78, 5) is 49.2. The average Bonchev–Trinajstić information content (AvgIpc) is 3.00. The molecule has 3 rings (SSSR count). The van der Waals surface area contributed by atoms with Crippen LogP contribution in [0.3, 0.4) is 0 Å². The van der Waals surface area contributed by atoms with Gasteiger partial charge in [-0.05, 0) is 37.5 Å². The highest BCUT2D eigenvalue weighted by Crippen LogP contribution is 2.43. The summed E-state index contributed by atoms with van der Waals surface area (Å²) in [6, 6.07) is 0. The Morgan fingerprint density at radius 3 is 1.42 bits per heavy atom. The maximum absolute atomic E-state index is 12.3. The van der Waals surface area contributed by atoms with Crippen molar-refractivity contribution in [3.63, 3.8) is 0 Å². The van der Waals surface area contributed by atoms with E-state index in [-0.39, 0.29) is 24.7 Å². The monoisotopic (exact) mass is 360 g/mol. The molecule has 0 radical (unpaired) electrons. The molecule has 0 spiro atoms. The second kappa shape index (κ2) is 7.56. The van der Waals surface area contributed by atoms with Gasteiger partial charge in [0.2, 0.25) is 0 Å². The first-order valence-corrected chi connectivity index (χ1v) is 9.46. The van der Waals surface area contributed by atoms with Gasteiger partial charge in [-0.1, -0.05) is 39.5 Å². The molecule has 0 saturated carbocycles. The van der Waals surface area contributed by atoms with Crippen molar-refractivity contribution in [2.24, 2.45) is 11.8 Å². The lowest BCUT2D eigenvalue weighted by Gasteiger charge is -2.24. The number of carbonyl (C=O) groups is 4. The minimum Gasteiger partial charge on any atom is -0.386 e. The van der Waals surface area contributed by atoms with Gasteiger partial charge >= 0.3 is 23.9 Å². The third-order valence-corrected chi connectivity index (χ3v) is 5.48. The summed E-state index contributed by atoms with van der Waals surface area (Å²) in [6.45, 7) is 4.07. The zero-order chi connectivity index (χ0) is 18.8. The molecule has 0 unspecified atom stereocenters. The van der Waals surface area contributed by atoms with Crippen LogP contribution < -0.4 is 0 Å². The van der Waals surface area contributed by atoms with E-state index in [1.807, 2.05) is 13.8 Å². The van der Waals surface area contributed by atoms with Gasteiger partial charge < -0.3 is 9.47 Å². The van der Waals surface area contributed by atoms with Crippen molar-refractivity contribution in [3.8, 4) is 0 Å². The predicted octanol–water partition coefficient (Wildman–Crippen LogP) is 3.15. The topological polar surface area (TPSA) is 86.7 Å². The van der Waals surface area contributed by atoms with Gasteiger partial charge in [-0.3, -0.25) is 0 Å². The molecule has 26 heavy (non-hydrogen) atoms. The smallest absolute Gasteiger partial charge is 0.342 e. The van der Waals surface area contributed by atoms with Crippen LogP contribution >= 0.6 is 0 Å². The summed E-state index contributed by atoms with van der Waals surface area (Å²) in [5.74, 6) is -2.98. The second-order valence-electron chi connectivity index (χ2n) is 7.22. The van der Waals surface area contributed by atoms with Crippen molar-refractivity contribution in [1.82, 2.24) is 0 Å². The van der Waals surface area contributed by atoms with Crippen LogP contribution in [-0.4, -0.2) is 23.9 Å². The number of hydrogen-bond acceptors (Lipinski definition) is 6. The minimum atomic E-state index is -0.602. The second-order valence-corrected chi connectivity index (χ2v) is 7.22. The fourth-order valence-corrected chi connectivity index (χ4v) is 4.17. The molecular formula is C20H24O6. The zero-order valence-electron chi connectivity index (χ0n) is 15.3. The van der Waals surface area contributed by atoms with Crippen LogP contribution in [0, 0.1) is 11.8 Å². The number of carbonyl (C=O) groups excluding carboxylic acids is 4. The van der Waals surface area contributed by atoms with Crippen molar-refractivity contribution < 1.29 is 28.7 Å². The van der Waals surface area contributed by atoms with Crippen LogP contribution in [0.15, 0.2) is 22.3 Å². The first-order valence-electron chi connectivity index (χ1n) is 9.46. The van der Waals surface area contributed by atoms with Crippen molar-refractivity contribution in [1.29, 1.82) is 0 Å². The summed E-state index contributed by atoms with van der Waals surface area (Å²) in [5.41, 5.74) is 1.58. The Morgan fingerprint density at radius 1 is 0.692 bits per heavy atom. The summed E-state index contributed by atoms with van der Waals surface area (Å²) < 4.78 is 9.77. The van der Waals surface area contributed by atoms with E-state index < -0.39 is 23.9 Å². The first-order chi connectivity index (χ1) is 12.5. The van der Waals surface area contributed by atoms with E-state index in [4.69, 9.17) is 9.47 Å². The van der Waals surface area contributed by atoms with Gasteiger partial charge in [-0.25, -0.2) is 19.2 Å². The van der Waals surface area contributed by atoms with Gasteiger partial charge in [0, 0.05) is 11.1 Å². The lowest BCUT2D eigenvalue weighted by atomic mass is 9.76. The predicted molar refractivity (Wildman–Crippen MR) is 91.5 cm³/mol. The van der Waals surface area contributed by atoms with Crippen LogP contribution in [-0.2, 0) is 28.7 Å². The molecule has 0 aromatic heterocycles. The molecular weight excluding hydrogens is 336 g/mol. The molecule has 6 heteroatoms. The van der Waals surface area contributed by atoms with Crippen LogP contribution in [0.2, 0.25) is 0 Å². The van der Waals surface area contributed by atoms with Gasteiger partial charge in [0.25, 0.3) is 0 Å². The quantitative estimate of drug-likeness (QED) is 0.534. The zero-order valence-corrected chi connectivity index (χ0v) is 15.3. The SMILES string of the molecule is CCCC[C@H]1CC2=C(C(=O)OC2=O)[C@@H](CCCC)CC2=C1C(=O)OC2=O. The first kappa shape index (κ1) is 18.5. The van der Waals surface area contributed by atoms with Crippen LogP contribution in [0.5, 0.6) is 0 Å². The number of esters is 4. The number of rotatable bonds is 6. The van der Waals surface area contributed by atoms with Gasteiger partial charge in [-0.15, -0.1) is 0 Å². The van der Waals surface area contributed by atoms with E-state index in [9.17, 15) is 19.2 Å². The number of hydrogen-bond donors (Lipinski definition) is 0. The van der Waals surface area contributed by atoms with Gasteiger partial charge in [0.05, 0.1) is 11.1 Å². The van der Waals surface area contributed by atoms with E-state index in [1.54, 1.807) is 0 Å². The molecule has 0 fully saturated rings. The Bertz CT molecular complexity index is 665. The fraction of sp³-hybridized carbons (Fsp3) is 0.600.